The van der Waals surface area contributed by atoms with Crippen LogP contribution in [0.5, 0.6) is 0 Å². The van der Waals surface area contributed by atoms with Gasteiger partial charge >= 0.3 is 0 Å². The minimum Gasteiger partial charge on any atom is -0.370 e. The van der Waals surface area contributed by atoms with Gasteiger partial charge in [-0.15, -0.1) is 0 Å². The Balaban J connectivity index is 2.39. The molecule has 0 fully saturated rings. The predicted molar refractivity (Wildman–Crippen MR) is 67.9 cm³/mol. The van der Waals surface area contributed by atoms with Crippen LogP contribution in [0.3, 0.4) is 0 Å². The monoisotopic (exact) mass is 231 g/mol. The lowest BCUT2D eigenvalue weighted by Crippen LogP contribution is -2.07. The third-order valence-electron chi connectivity index (χ3n) is 2.64. The van der Waals surface area contributed by atoms with Crippen LogP contribution >= 0.6 is 0 Å². The van der Waals surface area contributed by atoms with Crippen LogP contribution in [0.25, 0.3) is 11.6 Å². The summed E-state index contributed by atoms with van der Waals surface area (Å²) >= 11 is 0. The van der Waals surface area contributed by atoms with Crippen LogP contribution in [0.4, 0.5) is 5.82 Å². The number of aryl methyl sites for hydroxylation is 1. The van der Waals surface area contributed by atoms with Gasteiger partial charge in [0.2, 0.25) is 0 Å². The maximum atomic E-state index is 4.50. The molecule has 0 aliphatic heterocycles. The summed E-state index contributed by atoms with van der Waals surface area (Å²) in [6.07, 6.45) is 4.54. The maximum absolute atomic E-state index is 4.50. The van der Waals surface area contributed by atoms with Crippen molar-refractivity contribution in [3.05, 3.63) is 23.7 Å². The van der Waals surface area contributed by atoms with E-state index in [1.807, 2.05) is 13.8 Å². The van der Waals surface area contributed by atoms with Crippen molar-refractivity contribution in [2.24, 2.45) is 0 Å². The van der Waals surface area contributed by atoms with Crippen LogP contribution < -0.4 is 5.32 Å². The zero-order valence-electron chi connectivity index (χ0n) is 10.4. The molecule has 0 amide bonds. The second kappa shape index (κ2) is 4.95. The Hall–Kier alpha value is -1.91. The number of nitrogens with one attached hydrogen (secondary N) is 2. The standard InChI is InChI=1S/C12H17N5/c1-4-5-13-10-8(2)9(3)16-12(17-10)11-14-6-7-15-11/h6-7H,4-5H2,1-3H3,(H,14,15)(H,13,16,17). The van der Waals surface area contributed by atoms with Gasteiger partial charge < -0.3 is 10.3 Å². The Bertz CT molecular complexity index is 490. The van der Waals surface area contributed by atoms with Gasteiger partial charge in [-0.05, 0) is 20.3 Å². The second-order valence-electron chi connectivity index (χ2n) is 3.97. The number of anilines is 1. The summed E-state index contributed by atoms with van der Waals surface area (Å²) in [5.74, 6) is 2.23. The summed E-state index contributed by atoms with van der Waals surface area (Å²) in [6, 6.07) is 0. The third kappa shape index (κ3) is 2.43. The fraction of sp³-hybridized carbons (Fsp3) is 0.417. The minimum absolute atomic E-state index is 0.636. The molecule has 5 nitrogen and oxygen atoms in total. The van der Waals surface area contributed by atoms with Gasteiger partial charge in [0, 0.05) is 30.2 Å². The van der Waals surface area contributed by atoms with E-state index in [-0.39, 0.29) is 0 Å². The van der Waals surface area contributed by atoms with Crippen molar-refractivity contribution in [3.8, 4) is 11.6 Å². The van der Waals surface area contributed by atoms with Gasteiger partial charge in [-0.2, -0.15) is 0 Å². The highest BCUT2D eigenvalue weighted by atomic mass is 15.1. The molecule has 5 heteroatoms. The zero-order valence-corrected chi connectivity index (χ0v) is 10.4. The van der Waals surface area contributed by atoms with E-state index >= 15 is 0 Å². The molecule has 0 bridgehead atoms. The molecule has 2 N–H and O–H groups in total. The van der Waals surface area contributed by atoms with Gasteiger partial charge in [-0.25, -0.2) is 15.0 Å². The molecular weight excluding hydrogens is 214 g/mol. The van der Waals surface area contributed by atoms with Crippen LogP contribution in [0, 0.1) is 13.8 Å². The van der Waals surface area contributed by atoms with Gasteiger partial charge in [-0.3, -0.25) is 0 Å². The van der Waals surface area contributed by atoms with Crippen LogP contribution in [0.2, 0.25) is 0 Å². The number of hydrogen-bond donors (Lipinski definition) is 2. The lowest BCUT2D eigenvalue weighted by molar-refractivity contribution is 0.951. The molecule has 2 aromatic rings. The molecule has 0 aliphatic rings. The lowest BCUT2D eigenvalue weighted by Gasteiger charge is -2.10. The summed E-state index contributed by atoms with van der Waals surface area (Å²) in [5.41, 5.74) is 2.07. The van der Waals surface area contributed by atoms with Gasteiger partial charge in [0.15, 0.2) is 11.6 Å². The first-order valence-electron chi connectivity index (χ1n) is 5.81. The number of rotatable bonds is 4. The van der Waals surface area contributed by atoms with Crippen molar-refractivity contribution >= 4 is 5.82 Å². The second-order valence-corrected chi connectivity index (χ2v) is 3.97. The van der Waals surface area contributed by atoms with E-state index < -0.39 is 0 Å². The number of hydrogen-bond acceptors (Lipinski definition) is 4. The Morgan fingerprint density at radius 2 is 2.12 bits per heavy atom. The first kappa shape index (κ1) is 11.6. The highest BCUT2D eigenvalue weighted by molar-refractivity contribution is 5.53. The van der Waals surface area contributed by atoms with E-state index in [1.54, 1.807) is 12.4 Å². The maximum Gasteiger partial charge on any atom is 0.197 e. The minimum atomic E-state index is 0.636. The molecule has 90 valence electrons. The van der Waals surface area contributed by atoms with Gasteiger partial charge in [0.25, 0.3) is 0 Å². The topological polar surface area (TPSA) is 66.5 Å². The molecule has 0 unspecified atom stereocenters. The fourth-order valence-corrected chi connectivity index (χ4v) is 1.54. The van der Waals surface area contributed by atoms with Crippen molar-refractivity contribution in [3.63, 3.8) is 0 Å². The summed E-state index contributed by atoms with van der Waals surface area (Å²) < 4.78 is 0. The van der Waals surface area contributed by atoms with Crippen LogP contribution in [-0.2, 0) is 0 Å². The van der Waals surface area contributed by atoms with Crippen molar-refractivity contribution < 1.29 is 0 Å². The normalized spacial score (nSPS) is 10.5. The summed E-state index contributed by atoms with van der Waals surface area (Å²) in [5, 5.41) is 3.31. The lowest BCUT2D eigenvalue weighted by atomic mass is 10.2. The molecular formula is C12H17N5. The average Bonchev–Trinajstić information content (AvgIpc) is 2.84. The molecule has 0 radical (unpaired) electrons. The molecule has 0 aliphatic carbocycles. The van der Waals surface area contributed by atoms with E-state index in [0.29, 0.717) is 11.6 Å². The molecule has 0 saturated carbocycles. The number of aromatic amines is 1. The smallest absolute Gasteiger partial charge is 0.197 e. The largest absolute Gasteiger partial charge is 0.370 e. The molecule has 0 spiro atoms. The Morgan fingerprint density at radius 3 is 2.76 bits per heavy atom. The van der Waals surface area contributed by atoms with E-state index in [2.05, 4.69) is 32.2 Å². The van der Waals surface area contributed by atoms with E-state index in [0.717, 1.165) is 30.0 Å². The predicted octanol–water partition coefficient (Wildman–Crippen LogP) is 2.31. The molecule has 2 heterocycles. The third-order valence-corrected chi connectivity index (χ3v) is 2.64. The van der Waals surface area contributed by atoms with E-state index in [4.69, 9.17) is 0 Å². The van der Waals surface area contributed by atoms with E-state index in [1.165, 1.54) is 0 Å². The molecule has 0 saturated heterocycles. The molecule has 17 heavy (non-hydrogen) atoms. The van der Waals surface area contributed by atoms with E-state index in [9.17, 15) is 0 Å². The van der Waals surface area contributed by atoms with Gasteiger partial charge in [0.05, 0.1) is 0 Å². The summed E-state index contributed by atoms with van der Waals surface area (Å²) in [4.78, 5) is 16.1. The van der Waals surface area contributed by atoms with Gasteiger partial charge in [-0.1, -0.05) is 6.92 Å². The number of imidazole rings is 1. The molecule has 2 rings (SSSR count). The highest BCUT2D eigenvalue weighted by Gasteiger charge is 2.10. The highest BCUT2D eigenvalue weighted by Crippen LogP contribution is 2.19. The number of nitrogens with zero attached hydrogens (tertiary/aromatic N) is 3. The SMILES string of the molecule is CCCNc1nc(-c2ncc[nH]2)nc(C)c1C. The molecule has 0 atom stereocenters. The Labute approximate surface area is 101 Å². The summed E-state index contributed by atoms with van der Waals surface area (Å²) in [6.45, 7) is 7.05. The van der Waals surface area contributed by atoms with Crippen molar-refractivity contribution in [1.29, 1.82) is 0 Å². The Morgan fingerprint density at radius 1 is 1.29 bits per heavy atom. The first-order chi connectivity index (χ1) is 8.22. The molecule has 0 aromatic carbocycles. The summed E-state index contributed by atoms with van der Waals surface area (Å²) in [7, 11) is 0. The molecule has 2 aromatic heterocycles. The van der Waals surface area contributed by atoms with Crippen molar-refractivity contribution in [2.75, 3.05) is 11.9 Å². The fourth-order valence-electron chi connectivity index (χ4n) is 1.54. The van der Waals surface area contributed by atoms with Crippen LogP contribution in [-0.4, -0.2) is 26.5 Å². The first-order valence-corrected chi connectivity index (χ1v) is 5.81. The quantitative estimate of drug-likeness (QED) is 0.847. The Kier molecular flexibility index (Phi) is 3.37. The van der Waals surface area contributed by atoms with Crippen molar-refractivity contribution in [2.45, 2.75) is 27.2 Å². The number of H-pyrrole nitrogens is 1. The van der Waals surface area contributed by atoms with Gasteiger partial charge in [0.1, 0.15) is 5.82 Å². The zero-order chi connectivity index (χ0) is 12.3. The number of aromatic nitrogens is 4. The van der Waals surface area contributed by atoms with Crippen LogP contribution in [0.15, 0.2) is 12.4 Å². The average molecular weight is 231 g/mol. The van der Waals surface area contributed by atoms with Crippen LogP contribution in [0.1, 0.15) is 24.6 Å². The van der Waals surface area contributed by atoms with Crippen molar-refractivity contribution in [1.82, 2.24) is 19.9 Å².